The number of carbonyl (C=O) groups excluding carboxylic acids is 1. The second kappa shape index (κ2) is 7.74. The van der Waals surface area contributed by atoms with E-state index >= 15 is 0 Å². The van der Waals surface area contributed by atoms with Crippen LogP contribution in [0.15, 0.2) is 30.5 Å². The highest BCUT2D eigenvalue weighted by molar-refractivity contribution is 5.89. The lowest BCUT2D eigenvalue weighted by Gasteiger charge is -2.22. The van der Waals surface area contributed by atoms with E-state index in [9.17, 15) is 4.79 Å². The maximum atomic E-state index is 11.3. The highest BCUT2D eigenvalue weighted by atomic mass is 16.5. The molecule has 1 aromatic heterocycles. The summed E-state index contributed by atoms with van der Waals surface area (Å²) in [6.07, 6.45) is 2.57. The van der Waals surface area contributed by atoms with E-state index in [0.717, 1.165) is 28.9 Å². The third-order valence-corrected chi connectivity index (χ3v) is 4.16. The Kier molecular flexibility index (Phi) is 5.42. The highest BCUT2D eigenvalue weighted by Crippen LogP contribution is 2.39. The van der Waals surface area contributed by atoms with E-state index in [-0.39, 0.29) is 11.9 Å². The van der Waals surface area contributed by atoms with Gasteiger partial charge in [0.25, 0.3) is 0 Å². The molecule has 0 saturated carbocycles. The van der Waals surface area contributed by atoms with Crippen molar-refractivity contribution in [3.8, 4) is 22.6 Å². The van der Waals surface area contributed by atoms with Crippen LogP contribution in [0.25, 0.3) is 11.1 Å². The summed E-state index contributed by atoms with van der Waals surface area (Å²) in [7, 11) is 0. The summed E-state index contributed by atoms with van der Waals surface area (Å²) in [4.78, 5) is 15.5. The average Bonchev–Trinajstić information content (AvgIpc) is 2.58. The predicted molar refractivity (Wildman–Crippen MR) is 101 cm³/mol. The molecule has 26 heavy (non-hydrogen) atoms. The third kappa shape index (κ3) is 4.32. The van der Waals surface area contributed by atoms with Crippen molar-refractivity contribution in [1.82, 2.24) is 4.98 Å². The normalized spacial score (nSPS) is 13.4. The van der Waals surface area contributed by atoms with Gasteiger partial charge in [-0.05, 0) is 36.1 Å². The fraction of sp³-hybridized carbons (Fsp3) is 0.400. The fourth-order valence-corrected chi connectivity index (χ4v) is 3.09. The number of nitrogens with two attached hydrogens (primary N) is 1. The number of rotatable bonds is 6. The molecule has 1 aromatic carbocycles. The quantitative estimate of drug-likeness (QED) is 0.830. The highest BCUT2D eigenvalue weighted by Gasteiger charge is 2.19. The third-order valence-electron chi connectivity index (χ3n) is 4.16. The van der Waals surface area contributed by atoms with E-state index in [0.29, 0.717) is 30.7 Å². The van der Waals surface area contributed by atoms with E-state index < -0.39 is 0 Å². The number of hydrogen-bond donors (Lipinski definition) is 2. The summed E-state index contributed by atoms with van der Waals surface area (Å²) in [5.41, 5.74) is 9.09. The lowest BCUT2D eigenvalue weighted by molar-refractivity contribution is -0.114. The van der Waals surface area contributed by atoms with E-state index in [1.807, 2.05) is 24.3 Å². The van der Waals surface area contributed by atoms with Crippen LogP contribution in [-0.2, 0) is 11.4 Å². The Labute approximate surface area is 153 Å². The van der Waals surface area contributed by atoms with Gasteiger partial charge in [0.2, 0.25) is 5.91 Å². The van der Waals surface area contributed by atoms with Crippen molar-refractivity contribution in [2.75, 3.05) is 11.9 Å². The Morgan fingerprint density at radius 2 is 2.15 bits per heavy atom. The van der Waals surface area contributed by atoms with Crippen LogP contribution in [0.2, 0.25) is 0 Å². The van der Waals surface area contributed by atoms with Crippen LogP contribution in [0.3, 0.4) is 0 Å². The standard InChI is InChI=1S/C20H25N3O3/c1-12(2)6-15(21)11-25-16-4-5-17-14(7-16)10-26-19-9-22-20(8-18(17)19)23-13(3)24/h4-5,7-9,12,15H,6,10-11,21H2,1-3H3,(H,22,23,24). The summed E-state index contributed by atoms with van der Waals surface area (Å²) in [5.74, 6) is 2.39. The molecule has 2 heterocycles. The molecule has 1 aliphatic heterocycles. The molecule has 0 bridgehead atoms. The van der Waals surface area contributed by atoms with E-state index in [2.05, 4.69) is 24.1 Å². The first-order valence-electron chi connectivity index (χ1n) is 8.84. The van der Waals surface area contributed by atoms with Gasteiger partial charge in [0.05, 0.1) is 6.20 Å². The largest absolute Gasteiger partial charge is 0.492 e. The SMILES string of the molecule is CC(=O)Nc1cc2c(cn1)OCc1cc(OCC(N)CC(C)C)ccc1-2. The maximum absolute atomic E-state index is 11.3. The molecular weight excluding hydrogens is 330 g/mol. The molecule has 0 spiro atoms. The summed E-state index contributed by atoms with van der Waals surface area (Å²) in [6, 6.07) is 7.79. The molecule has 6 nitrogen and oxygen atoms in total. The molecule has 2 aromatic rings. The topological polar surface area (TPSA) is 86.5 Å². The van der Waals surface area contributed by atoms with Crippen LogP contribution in [0, 0.1) is 5.92 Å². The van der Waals surface area contributed by atoms with Crippen molar-refractivity contribution in [3.05, 3.63) is 36.0 Å². The molecule has 138 valence electrons. The molecule has 0 aliphatic carbocycles. The van der Waals surface area contributed by atoms with Crippen molar-refractivity contribution >= 4 is 11.7 Å². The zero-order valence-corrected chi connectivity index (χ0v) is 15.4. The second-order valence-electron chi connectivity index (χ2n) is 7.06. The van der Waals surface area contributed by atoms with Gasteiger partial charge in [0.1, 0.15) is 30.5 Å². The molecule has 1 unspecified atom stereocenters. The second-order valence-corrected chi connectivity index (χ2v) is 7.06. The molecule has 6 heteroatoms. The van der Waals surface area contributed by atoms with Crippen molar-refractivity contribution in [1.29, 1.82) is 0 Å². The van der Waals surface area contributed by atoms with Gasteiger partial charge in [-0.2, -0.15) is 0 Å². The van der Waals surface area contributed by atoms with Crippen LogP contribution in [-0.4, -0.2) is 23.5 Å². The number of amides is 1. The number of anilines is 1. The van der Waals surface area contributed by atoms with Crippen molar-refractivity contribution < 1.29 is 14.3 Å². The lowest BCUT2D eigenvalue weighted by atomic mass is 9.97. The average molecular weight is 355 g/mol. The zero-order valence-electron chi connectivity index (χ0n) is 15.4. The smallest absolute Gasteiger partial charge is 0.222 e. The van der Waals surface area contributed by atoms with Crippen LogP contribution in [0.1, 0.15) is 32.8 Å². The molecule has 1 atom stereocenters. The van der Waals surface area contributed by atoms with Gasteiger partial charge in [-0.1, -0.05) is 19.9 Å². The Bertz CT molecular complexity index is 805. The summed E-state index contributed by atoms with van der Waals surface area (Å²) in [5, 5.41) is 2.70. The Hall–Kier alpha value is -2.60. The maximum Gasteiger partial charge on any atom is 0.222 e. The minimum Gasteiger partial charge on any atom is -0.492 e. The van der Waals surface area contributed by atoms with Crippen LogP contribution < -0.4 is 20.5 Å². The Morgan fingerprint density at radius 1 is 1.35 bits per heavy atom. The van der Waals surface area contributed by atoms with Crippen LogP contribution in [0.5, 0.6) is 11.5 Å². The van der Waals surface area contributed by atoms with Gasteiger partial charge in [-0.3, -0.25) is 4.79 Å². The molecule has 1 amide bonds. The summed E-state index contributed by atoms with van der Waals surface area (Å²) in [6.45, 7) is 6.71. The first-order valence-corrected chi connectivity index (χ1v) is 8.84. The van der Waals surface area contributed by atoms with Crippen molar-refractivity contribution in [2.24, 2.45) is 11.7 Å². The molecule has 1 aliphatic rings. The number of nitrogens with one attached hydrogen (secondary N) is 1. The number of pyridine rings is 1. The Morgan fingerprint density at radius 3 is 2.88 bits per heavy atom. The van der Waals surface area contributed by atoms with Crippen LogP contribution in [0.4, 0.5) is 5.82 Å². The number of aromatic nitrogens is 1. The van der Waals surface area contributed by atoms with Crippen molar-refractivity contribution in [2.45, 2.75) is 39.8 Å². The van der Waals surface area contributed by atoms with Gasteiger partial charge >= 0.3 is 0 Å². The summed E-state index contributed by atoms with van der Waals surface area (Å²) < 4.78 is 11.6. The van der Waals surface area contributed by atoms with Gasteiger partial charge in [0, 0.05) is 24.1 Å². The molecule has 0 saturated heterocycles. The number of ether oxygens (including phenoxy) is 2. The van der Waals surface area contributed by atoms with E-state index in [1.54, 1.807) is 6.20 Å². The van der Waals surface area contributed by atoms with Gasteiger partial charge in [-0.15, -0.1) is 0 Å². The molecule has 0 radical (unpaired) electrons. The van der Waals surface area contributed by atoms with Crippen LogP contribution >= 0.6 is 0 Å². The van der Waals surface area contributed by atoms with Gasteiger partial charge < -0.3 is 20.5 Å². The van der Waals surface area contributed by atoms with Gasteiger partial charge in [0.15, 0.2) is 0 Å². The minimum atomic E-state index is -0.157. The molecular formula is C20H25N3O3. The van der Waals surface area contributed by atoms with Crippen molar-refractivity contribution in [3.63, 3.8) is 0 Å². The monoisotopic (exact) mass is 355 g/mol. The number of nitrogens with zero attached hydrogens (tertiary/aromatic N) is 1. The first kappa shape index (κ1) is 18.2. The Balaban J connectivity index is 1.78. The number of hydrogen-bond acceptors (Lipinski definition) is 5. The number of benzene rings is 1. The zero-order chi connectivity index (χ0) is 18.7. The van der Waals surface area contributed by atoms with E-state index in [1.165, 1.54) is 6.92 Å². The number of fused-ring (bicyclic) bond motifs is 3. The molecule has 0 fully saturated rings. The minimum absolute atomic E-state index is 0.0225. The van der Waals surface area contributed by atoms with E-state index in [4.69, 9.17) is 15.2 Å². The predicted octanol–water partition coefficient (Wildman–Crippen LogP) is 3.35. The fourth-order valence-electron chi connectivity index (χ4n) is 3.09. The molecule has 3 rings (SSSR count). The first-order chi connectivity index (χ1) is 12.4. The number of carbonyl (C=O) groups is 1. The lowest BCUT2D eigenvalue weighted by Crippen LogP contribution is -2.29. The summed E-state index contributed by atoms with van der Waals surface area (Å²) >= 11 is 0. The molecule has 3 N–H and O–H groups in total. The van der Waals surface area contributed by atoms with Gasteiger partial charge in [-0.25, -0.2) is 4.98 Å².